The molecule has 0 aromatic heterocycles. The van der Waals surface area contributed by atoms with E-state index in [0.29, 0.717) is 0 Å². The highest BCUT2D eigenvalue weighted by atomic mass is 28.4. The number of rotatable bonds is 6. The largest absolute Gasteiger partial charge is 0.448 e. The van der Waals surface area contributed by atoms with Crippen molar-refractivity contribution in [3.05, 3.63) is 85.2 Å². The van der Waals surface area contributed by atoms with Crippen molar-refractivity contribution < 1.29 is 4.12 Å². The maximum atomic E-state index is 6.34. The van der Waals surface area contributed by atoms with E-state index >= 15 is 0 Å². The van der Waals surface area contributed by atoms with Gasteiger partial charge in [0, 0.05) is 0 Å². The predicted octanol–water partition coefficient (Wildman–Crippen LogP) is 1.72. The van der Waals surface area contributed by atoms with Crippen LogP contribution in [-0.2, 0) is 4.12 Å². The van der Waals surface area contributed by atoms with Crippen molar-refractivity contribution in [2.75, 3.05) is 0 Å². The molecule has 0 bridgehead atoms. The van der Waals surface area contributed by atoms with Gasteiger partial charge in [-0.2, -0.15) is 0 Å². The molecule has 0 saturated heterocycles. The van der Waals surface area contributed by atoms with Gasteiger partial charge in [0.1, 0.15) is 0 Å². The third-order valence-corrected chi connectivity index (χ3v) is 8.80. The van der Waals surface area contributed by atoms with E-state index in [0.717, 1.165) is 0 Å². The minimum absolute atomic E-state index is 0.727. The summed E-state index contributed by atoms with van der Waals surface area (Å²) in [5.41, 5.74) is 3.95. The van der Waals surface area contributed by atoms with Gasteiger partial charge in [0.15, 0.2) is 9.76 Å². The molecule has 19 heavy (non-hydrogen) atoms. The van der Waals surface area contributed by atoms with Crippen molar-refractivity contribution in [1.82, 2.24) is 0 Å². The summed E-state index contributed by atoms with van der Waals surface area (Å²) in [5.74, 6) is 0. The third kappa shape index (κ3) is 2.84. The molecule has 2 aromatic carbocycles. The fourth-order valence-electron chi connectivity index (χ4n) is 2.19. The second-order valence-electron chi connectivity index (χ2n) is 4.27. The van der Waals surface area contributed by atoms with Crippen LogP contribution in [0.25, 0.3) is 0 Å². The molecular weight excluding hydrogens is 264 g/mol. The Balaban J connectivity index is 2.54. The van der Waals surface area contributed by atoms with Crippen LogP contribution in [0, 0.1) is 0 Å². The third-order valence-electron chi connectivity index (χ3n) is 3.12. The highest BCUT2D eigenvalue weighted by Crippen LogP contribution is 2.08. The van der Waals surface area contributed by atoms with Gasteiger partial charge in [-0.1, -0.05) is 72.1 Å². The standard InChI is InChI=1S/C16H18OSi2/c1-3-18-17-19(4-2,15-11-7-5-8-12-15)16-13-9-6-10-14-16/h3-14H,1-2,18H2. The van der Waals surface area contributed by atoms with Crippen molar-refractivity contribution in [2.24, 2.45) is 0 Å². The molecule has 2 aromatic rings. The molecule has 0 saturated carbocycles. The van der Waals surface area contributed by atoms with Crippen LogP contribution in [0.3, 0.4) is 0 Å². The minimum Gasteiger partial charge on any atom is -0.448 e. The molecule has 0 heterocycles. The molecule has 0 aliphatic carbocycles. The Bertz CT molecular complexity index is 498. The summed E-state index contributed by atoms with van der Waals surface area (Å²) in [4.78, 5) is 0. The summed E-state index contributed by atoms with van der Waals surface area (Å²) in [5, 5.41) is 2.48. The number of hydrogen-bond donors (Lipinski definition) is 0. The normalized spacial score (nSPS) is 11.6. The van der Waals surface area contributed by atoms with Crippen LogP contribution >= 0.6 is 0 Å². The Morgan fingerprint density at radius 1 is 0.842 bits per heavy atom. The van der Waals surface area contributed by atoms with Crippen LogP contribution in [-0.4, -0.2) is 18.1 Å². The highest BCUT2D eigenvalue weighted by Gasteiger charge is 2.35. The van der Waals surface area contributed by atoms with E-state index < -0.39 is 18.1 Å². The zero-order valence-electron chi connectivity index (χ0n) is 11.0. The predicted molar refractivity (Wildman–Crippen MR) is 87.9 cm³/mol. The molecule has 96 valence electrons. The summed E-state index contributed by atoms with van der Waals surface area (Å²) in [7, 11) is -3.01. The SMILES string of the molecule is C=C[SiH2]O[Si](C=C)(c1ccccc1)c1ccccc1. The van der Waals surface area contributed by atoms with Crippen LogP contribution in [0.5, 0.6) is 0 Å². The zero-order valence-corrected chi connectivity index (χ0v) is 13.4. The molecule has 0 fully saturated rings. The summed E-state index contributed by atoms with van der Waals surface area (Å²) < 4.78 is 6.34. The fraction of sp³-hybridized carbons (Fsp3) is 0. The Labute approximate surface area is 118 Å². The lowest BCUT2D eigenvalue weighted by Crippen LogP contribution is -2.60. The first-order valence-electron chi connectivity index (χ1n) is 6.33. The van der Waals surface area contributed by atoms with Gasteiger partial charge in [0.25, 0.3) is 8.32 Å². The van der Waals surface area contributed by atoms with Crippen molar-refractivity contribution in [3.63, 3.8) is 0 Å². The molecule has 0 atom stereocenters. The lowest BCUT2D eigenvalue weighted by Gasteiger charge is -2.29. The summed E-state index contributed by atoms with van der Waals surface area (Å²) in [6, 6.07) is 20.8. The van der Waals surface area contributed by atoms with E-state index in [1.807, 2.05) is 23.5 Å². The summed E-state index contributed by atoms with van der Waals surface area (Å²) >= 11 is 0. The lowest BCUT2D eigenvalue weighted by molar-refractivity contribution is 0.629. The van der Waals surface area contributed by atoms with Gasteiger partial charge in [-0.05, 0) is 10.4 Å². The Hall–Kier alpha value is -1.69. The van der Waals surface area contributed by atoms with Crippen molar-refractivity contribution in [1.29, 1.82) is 0 Å². The first-order chi connectivity index (χ1) is 9.33. The molecular formula is C16H18OSi2. The molecule has 2 rings (SSSR count). The van der Waals surface area contributed by atoms with Crippen LogP contribution in [0.2, 0.25) is 0 Å². The van der Waals surface area contributed by atoms with Gasteiger partial charge < -0.3 is 4.12 Å². The second kappa shape index (κ2) is 6.47. The lowest BCUT2D eigenvalue weighted by atomic mass is 10.4. The van der Waals surface area contributed by atoms with Crippen LogP contribution < -0.4 is 10.4 Å². The molecule has 0 amide bonds. The minimum atomic E-state index is -2.29. The van der Waals surface area contributed by atoms with E-state index in [1.165, 1.54) is 10.4 Å². The Morgan fingerprint density at radius 3 is 1.68 bits per heavy atom. The van der Waals surface area contributed by atoms with Crippen LogP contribution in [0.15, 0.2) is 85.2 Å². The fourth-order valence-corrected chi connectivity index (χ4v) is 7.70. The second-order valence-corrected chi connectivity index (χ2v) is 9.37. The van der Waals surface area contributed by atoms with Gasteiger partial charge >= 0.3 is 0 Å². The van der Waals surface area contributed by atoms with Gasteiger partial charge in [-0.25, -0.2) is 0 Å². The monoisotopic (exact) mass is 282 g/mol. The van der Waals surface area contributed by atoms with E-state index in [4.69, 9.17) is 4.12 Å². The molecule has 0 unspecified atom stereocenters. The van der Waals surface area contributed by atoms with E-state index in [1.54, 1.807) is 0 Å². The van der Waals surface area contributed by atoms with Crippen LogP contribution in [0.4, 0.5) is 0 Å². The first-order valence-corrected chi connectivity index (χ1v) is 9.71. The molecule has 3 heteroatoms. The quantitative estimate of drug-likeness (QED) is 0.733. The van der Waals surface area contributed by atoms with E-state index in [9.17, 15) is 0 Å². The first kappa shape index (κ1) is 13.7. The van der Waals surface area contributed by atoms with Crippen molar-refractivity contribution in [2.45, 2.75) is 0 Å². The van der Waals surface area contributed by atoms with Crippen molar-refractivity contribution in [3.8, 4) is 0 Å². The highest BCUT2D eigenvalue weighted by molar-refractivity contribution is 7.03. The van der Waals surface area contributed by atoms with E-state index in [2.05, 4.69) is 61.7 Å². The molecule has 0 spiro atoms. The molecule has 0 aliphatic heterocycles. The Kier molecular flexibility index (Phi) is 4.68. The molecule has 1 nitrogen and oxygen atoms in total. The molecule has 0 radical (unpaired) electrons. The van der Waals surface area contributed by atoms with Gasteiger partial charge in [-0.3, -0.25) is 0 Å². The molecule has 0 aliphatic rings. The zero-order chi connectivity index (χ0) is 13.6. The maximum Gasteiger partial charge on any atom is 0.270 e. The van der Waals surface area contributed by atoms with Gasteiger partial charge in [-0.15, -0.1) is 13.2 Å². The number of hydrogen-bond acceptors (Lipinski definition) is 1. The average molecular weight is 282 g/mol. The summed E-state index contributed by atoms with van der Waals surface area (Å²) in [6.45, 7) is 7.87. The number of benzene rings is 2. The van der Waals surface area contributed by atoms with Crippen molar-refractivity contribution >= 4 is 28.5 Å². The average Bonchev–Trinajstić information content (AvgIpc) is 2.51. The van der Waals surface area contributed by atoms with Gasteiger partial charge in [0.2, 0.25) is 0 Å². The summed E-state index contributed by atoms with van der Waals surface area (Å²) in [6.07, 6.45) is 0. The molecule has 0 N–H and O–H groups in total. The Morgan fingerprint density at radius 2 is 1.32 bits per heavy atom. The van der Waals surface area contributed by atoms with Gasteiger partial charge in [0.05, 0.1) is 0 Å². The smallest absolute Gasteiger partial charge is 0.270 e. The van der Waals surface area contributed by atoms with E-state index in [-0.39, 0.29) is 0 Å². The topological polar surface area (TPSA) is 9.23 Å². The van der Waals surface area contributed by atoms with Crippen LogP contribution in [0.1, 0.15) is 0 Å². The maximum absolute atomic E-state index is 6.34.